The number of allylic oxidation sites excluding steroid dienone is 1. The number of amides is 1. The first-order valence-corrected chi connectivity index (χ1v) is 21.6. The third-order valence-corrected chi connectivity index (χ3v) is 13.2. The highest BCUT2D eigenvalue weighted by molar-refractivity contribution is 8.00. The maximum absolute atomic E-state index is 13.5. The maximum atomic E-state index is 13.5. The molecule has 0 spiro atoms. The highest BCUT2D eigenvalue weighted by atomic mass is 32.2. The van der Waals surface area contributed by atoms with Gasteiger partial charge in [-0.1, -0.05) is 43.0 Å². The molecule has 0 bridgehead atoms. The summed E-state index contributed by atoms with van der Waals surface area (Å²) in [5.41, 5.74) is 2.89. The van der Waals surface area contributed by atoms with Gasteiger partial charge in [-0.2, -0.15) is 0 Å². The number of nitrogens with one attached hydrogen (secondary N) is 1. The fraction of sp³-hybridized carbons (Fsp3) is 0.600. The number of methoxy groups -OCH3 is 2. The van der Waals surface area contributed by atoms with Crippen molar-refractivity contribution in [3.05, 3.63) is 66.3 Å². The minimum absolute atomic E-state index is 0.0918. The lowest BCUT2D eigenvalue weighted by molar-refractivity contribution is -0.223. The molecule has 2 aromatic rings. The number of benzene rings is 2. The van der Waals surface area contributed by atoms with Crippen LogP contribution >= 0.6 is 11.8 Å². The largest absolute Gasteiger partial charge is 0.497 e. The van der Waals surface area contributed by atoms with E-state index in [-0.39, 0.29) is 42.1 Å². The average Bonchev–Trinajstić information content (AvgIpc) is 3.71. The van der Waals surface area contributed by atoms with Gasteiger partial charge >= 0.3 is 6.09 Å². The number of carbonyl (C=O) groups is 1. The van der Waals surface area contributed by atoms with Crippen LogP contribution in [0.5, 0.6) is 23.0 Å². The Morgan fingerprint density at radius 1 is 1.02 bits per heavy atom. The van der Waals surface area contributed by atoms with Gasteiger partial charge in [-0.05, 0) is 107 Å². The number of anilines is 1. The number of oxime groups is 1. The summed E-state index contributed by atoms with van der Waals surface area (Å²) >= 11 is 1.97. The third-order valence-electron chi connectivity index (χ3n) is 11.6. The summed E-state index contributed by atoms with van der Waals surface area (Å²) in [4.78, 5) is 19.7. The predicted octanol–water partition coefficient (Wildman–Crippen LogP) is 9.42. The summed E-state index contributed by atoms with van der Waals surface area (Å²) < 4.78 is 31.2. The quantitative estimate of drug-likeness (QED) is 0.0759. The molecule has 0 aromatic heterocycles. The van der Waals surface area contributed by atoms with Gasteiger partial charge in [-0.3, -0.25) is 5.32 Å². The summed E-state index contributed by atoms with van der Waals surface area (Å²) in [6.45, 7) is 10.6. The van der Waals surface area contributed by atoms with Crippen LogP contribution in [0.4, 0.5) is 10.5 Å². The summed E-state index contributed by atoms with van der Waals surface area (Å²) in [5, 5.41) is 27.9. The van der Waals surface area contributed by atoms with Crippen LogP contribution in [0, 0.1) is 17.8 Å². The summed E-state index contributed by atoms with van der Waals surface area (Å²) in [7, 11) is 3.10. The third kappa shape index (κ3) is 9.95. The van der Waals surface area contributed by atoms with Crippen molar-refractivity contribution in [1.29, 1.82) is 0 Å². The molecule has 4 aliphatic rings. The molecule has 2 fully saturated rings. The van der Waals surface area contributed by atoms with Crippen LogP contribution in [-0.2, 0) is 9.57 Å². The van der Waals surface area contributed by atoms with Crippen molar-refractivity contribution in [2.24, 2.45) is 22.9 Å². The molecule has 1 heterocycles. The molecule has 0 radical (unpaired) electrons. The number of ether oxygens (including phenoxy) is 5. The number of nitrogens with zero attached hydrogens (tertiary/aromatic N) is 1. The first-order valence-electron chi connectivity index (χ1n) is 20.7. The molecule has 12 heteroatoms. The Hall–Kier alpha value is -3.71. The predicted molar refractivity (Wildman–Crippen MR) is 225 cm³/mol. The second kappa shape index (κ2) is 19.4. The Labute approximate surface area is 342 Å². The van der Waals surface area contributed by atoms with Crippen molar-refractivity contribution in [3.8, 4) is 23.0 Å². The zero-order valence-electron chi connectivity index (χ0n) is 34.3. The SMILES string of the molecule is C=CCOC12Oc3ccc(OC(=O)Nc4ccc(OC)cc4OC)cc3C3C(CCCCO)C(CCCCO)C=C(C(=NOC(C)(C)C)CC1SC1CCCC1)C32. The molecule has 6 rings (SSSR count). The van der Waals surface area contributed by atoms with Gasteiger partial charge in [0.1, 0.15) is 28.6 Å². The highest BCUT2D eigenvalue weighted by Gasteiger charge is 2.64. The fourth-order valence-corrected chi connectivity index (χ4v) is 10.9. The van der Waals surface area contributed by atoms with Crippen LogP contribution in [0.2, 0.25) is 0 Å². The molecule has 6 unspecified atom stereocenters. The van der Waals surface area contributed by atoms with Crippen molar-refractivity contribution in [2.45, 2.75) is 119 Å². The first kappa shape index (κ1) is 42.9. The van der Waals surface area contributed by atoms with Gasteiger partial charge in [-0.25, -0.2) is 4.79 Å². The zero-order valence-corrected chi connectivity index (χ0v) is 35.1. The summed E-state index contributed by atoms with van der Waals surface area (Å²) in [6.07, 6.45) is 13.7. The number of aliphatic hydroxyl groups is 2. The first-order chi connectivity index (χ1) is 27.5. The Balaban J connectivity index is 1.48. The Morgan fingerprint density at radius 3 is 2.44 bits per heavy atom. The molecule has 2 saturated carbocycles. The van der Waals surface area contributed by atoms with Crippen LogP contribution in [0.15, 0.2) is 65.9 Å². The number of unbranched alkanes of at least 4 members (excludes halogenated alkanes) is 2. The normalized spacial score (nSPS) is 26.1. The van der Waals surface area contributed by atoms with E-state index in [2.05, 4.69) is 18.0 Å². The molecule has 1 aliphatic heterocycles. The van der Waals surface area contributed by atoms with Crippen LogP contribution in [0.25, 0.3) is 0 Å². The van der Waals surface area contributed by atoms with Crippen molar-refractivity contribution in [1.82, 2.24) is 0 Å². The average molecular weight is 807 g/mol. The zero-order chi connectivity index (χ0) is 40.6. The van der Waals surface area contributed by atoms with Crippen LogP contribution in [-0.4, -0.2) is 77.9 Å². The molecule has 6 atom stereocenters. The van der Waals surface area contributed by atoms with Gasteiger partial charge in [0.2, 0.25) is 5.79 Å². The van der Waals surface area contributed by atoms with E-state index in [0.29, 0.717) is 59.8 Å². The van der Waals surface area contributed by atoms with Gasteiger partial charge in [0.25, 0.3) is 0 Å². The molecule has 3 N–H and O–H groups in total. The lowest BCUT2D eigenvalue weighted by Gasteiger charge is -2.58. The van der Waals surface area contributed by atoms with E-state index in [1.165, 1.54) is 20.0 Å². The minimum Gasteiger partial charge on any atom is -0.497 e. The number of fused-ring (bicyclic) bond motifs is 2. The van der Waals surface area contributed by atoms with E-state index in [1.807, 2.05) is 44.7 Å². The standard InChI is InChI=1S/C45H62N2O9S/c1-7-24-53-45-40(57-32-15-8-9-16-32)28-37(47-56-44(2,3)4)34-25-29(14-10-12-22-48)33(17-11-13-23-49)41(42(34)45)35-26-31(19-21-38(35)55-45)54-43(50)46-36-20-18-30(51-5)27-39(36)52-6/h7,18-21,25-27,29,32-33,40-42,48-49H,1,8-17,22-24,28H2,2-6H3,(H,46,50). The van der Waals surface area contributed by atoms with Crippen molar-refractivity contribution >= 4 is 29.3 Å². The van der Waals surface area contributed by atoms with Crippen LogP contribution in [0.1, 0.15) is 103 Å². The topological polar surface area (TPSA) is 137 Å². The van der Waals surface area contributed by atoms with Gasteiger partial charge in [-0.15, -0.1) is 18.3 Å². The molecule has 1 amide bonds. The molecule has 0 saturated heterocycles. The molecule has 11 nitrogen and oxygen atoms in total. The van der Waals surface area contributed by atoms with E-state index in [9.17, 15) is 15.0 Å². The summed E-state index contributed by atoms with van der Waals surface area (Å²) in [6, 6.07) is 10.8. The van der Waals surface area contributed by atoms with E-state index in [0.717, 1.165) is 55.4 Å². The molecular weight excluding hydrogens is 745 g/mol. The van der Waals surface area contributed by atoms with E-state index in [1.54, 1.807) is 37.5 Å². The van der Waals surface area contributed by atoms with Gasteiger partial charge in [0.05, 0.1) is 43.4 Å². The van der Waals surface area contributed by atoms with Crippen molar-refractivity contribution < 1.29 is 43.5 Å². The second-order valence-electron chi connectivity index (χ2n) is 16.6. The lowest BCUT2D eigenvalue weighted by atomic mass is 9.56. The Kier molecular flexibility index (Phi) is 14.6. The molecule has 2 aromatic carbocycles. The Bertz CT molecular complexity index is 1750. The van der Waals surface area contributed by atoms with Crippen molar-refractivity contribution in [3.63, 3.8) is 0 Å². The van der Waals surface area contributed by atoms with Crippen molar-refractivity contribution in [2.75, 3.05) is 39.4 Å². The minimum atomic E-state index is -1.04. The number of rotatable bonds is 18. The fourth-order valence-electron chi connectivity index (χ4n) is 9.10. The molecule has 312 valence electrons. The highest BCUT2D eigenvalue weighted by Crippen LogP contribution is 2.63. The molecule has 3 aliphatic carbocycles. The number of aliphatic hydroxyl groups excluding tert-OH is 2. The summed E-state index contributed by atoms with van der Waals surface area (Å²) in [5.74, 6) is 0.976. The smallest absolute Gasteiger partial charge is 0.417 e. The van der Waals surface area contributed by atoms with E-state index >= 15 is 0 Å². The monoisotopic (exact) mass is 806 g/mol. The van der Waals surface area contributed by atoms with Gasteiger partial charge in [0, 0.05) is 42.4 Å². The molecule has 57 heavy (non-hydrogen) atoms. The number of hydrogen-bond acceptors (Lipinski definition) is 11. The number of hydrogen-bond donors (Lipinski definition) is 3. The van der Waals surface area contributed by atoms with Gasteiger partial charge < -0.3 is 38.7 Å². The second-order valence-corrected chi connectivity index (χ2v) is 18.1. The maximum Gasteiger partial charge on any atom is 0.417 e. The lowest BCUT2D eigenvalue weighted by Crippen LogP contribution is -2.64. The van der Waals surface area contributed by atoms with E-state index in [4.69, 9.17) is 33.7 Å². The van der Waals surface area contributed by atoms with Gasteiger partial charge in [0.15, 0.2) is 0 Å². The number of thioether (sulfide) groups is 1. The van der Waals surface area contributed by atoms with E-state index < -0.39 is 17.5 Å². The number of carbonyl (C=O) groups excluding carboxylic acids is 1. The Morgan fingerprint density at radius 2 is 1.75 bits per heavy atom. The van der Waals surface area contributed by atoms with Crippen LogP contribution in [0.3, 0.4) is 0 Å². The van der Waals surface area contributed by atoms with Crippen LogP contribution < -0.4 is 24.3 Å². The molecular formula is C45H62N2O9S.